The molecule has 21 heavy (non-hydrogen) atoms. The molecule has 1 fully saturated rings. The Morgan fingerprint density at radius 3 is 2.71 bits per heavy atom. The molecular formula is C16H17NO4. The molecule has 1 saturated carbocycles. The molecule has 110 valence electrons. The number of benzene rings is 1. The van der Waals surface area contributed by atoms with Gasteiger partial charge < -0.3 is 14.8 Å². The van der Waals surface area contributed by atoms with Gasteiger partial charge in [-0.2, -0.15) is 0 Å². The first-order chi connectivity index (χ1) is 10.1. The highest BCUT2D eigenvalue weighted by molar-refractivity contribution is 5.81. The second-order valence-corrected chi connectivity index (χ2v) is 5.61. The molecule has 0 saturated heterocycles. The summed E-state index contributed by atoms with van der Waals surface area (Å²) >= 11 is 0. The van der Waals surface area contributed by atoms with Crippen molar-refractivity contribution in [2.24, 2.45) is 5.41 Å². The van der Waals surface area contributed by atoms with E-state index >= 15 is 0 Å². The van der Waals surface area contributed by atoms with Gasteiger partial charge in [0, 0.05) is 24.8 Å². The molecule has 3 rings (SSSR count). The first kappa shape index (κ1) is 13.7. The molecule has 0 radical (unpaired) electrons. The molecule has 1 aromatic heterocycles. The molecule has 2 aromatic rings. The summed E-state index contributed by atoms with van der Waals surface area (Å²) in [5.41, 5.74) is 0.102. The Labute approximate surface area is 121 Å². The molecule has 1 aliphatic rings. The Kier molecular flexibility index (Phi) is 3.41. The molecule has 0 spiro atoms. The monoisotopic (exact) mass is 287 g/mol. The molecule has 1 aromatic carbocycles. The van der Waals surface area contributed by atoms with Crippen molar-refractivity contribution in [3.8, 4) is 0 Å². The van der Waals surface area contributed by atoms with E-state index in [0.717, 1.165) is 16.7 Å². The van der Waals surface area contributed by atoms with Crippen LogP contribution in [0.25, 0.3) is 11.0 Å². The van der Waals surface area contributed by atoms with Crippen LogP contribution in [-0.4, -0.2) is 23.5 Å². The number of carbonyl (C=O) groups is 2. The minimum Gasteiger partial charge on any atom is -0.481 e. The number of hydrogen-bond acceptors (Lipinski definition) is 3. The van der Waals surface area contributed by atoms with E-state index < -0.39 is 11.4 Å². The molecule has 5 heteroatoms. The number of furan rings is 1. The molecule has 0 bridgehead atoms. The molecule has 0 unspecified atom stereocenters. The van der Waals surface area contributed by atoms with Gasteiger partial charge in [0.25, 0.3) is 0 Å². The standard InChI is InChI=1S/C16H17NO4/c18-14(17-10-16(7-8-16)15(19)20)6-5-12-9-11-3-1-2-4-13(11)21-12/h1-4,9H,5-8,10H2,(H,17,18)(H,19,20). The van der Waals surface area contributed by atoms with Crippen LogP contribution < -0.4 is 5.32 Å². The van der Waals surface area contributed by atoms with Crippen LogP contribution in [0.2, 0.25) is 0 Å². The maximum Gasteiger partial charge on any atom is 0.311 e. The van der Waals surface area contributed by atoms with E-state index in [4.69, 9.17) is 9.52 Å². The van der Waals surface area contributed by atoms with Gasteiger partial charge in [0.2, 0.25) is 5.91 Å². The third kappa shape index (κ3) is 2.91. The summed E-state index contributed by atoms with van der Waals surface area (Å²) in [6.07, 6.45) is 2.11. The Balaban J connectivity index is 1.50. The number of carboxylic acid groups (broad SMARTS) is 1. The highest BCUT2D eigenvalue weighted by Crippen LogP contribution is 2.45. The van der Waals surface area contributed by atoms with Gasteiger partial charge in [0.05, 0.1) is 5.41 Å². The molecule has 1 amide bonds. The number of rotatable bonds is 6. The predicted molar refractivity (Wildman–Crippen MR) is 76.8 cm³/mol. The predicted octanol–water partition coefficient (Wildman–Crippen LogP) is 2.35. The lowest BCUT2D eigenvalue weighted by Crippen LogP contribution is -2.34. The van der Waals surface area contributed by atoms with Crippen molar-refractivity contribution in [3.63, 3.8) is 0 Å². The number of para-hydroxylation sites is 1. The highest BCUT2D eigenvalue weighted by atomic mass is 16.4. The van der Waals surface area contributed by atoms with E-state index in [2.05, 4.69) is 5.32 Å². The van der Waals surface area contributed by atoms with Crippen LogP contribution in [0.1, 0.15) is 25.0 Å². The number of carboxylic acids is 1. The first-order valence-corrected chi connectivity index (χ1v) is 7.07. The van der Waals surface area contributed by atoms with E-state index in [1.54, 1.807) is 0 Å². The van der Waals surface area contributed by atoms with Crippen LogP contribution in [0.4, 0.5) is 0 Å². The fraction of sp³-hybridized carbons (Fsp3) is 0.375. The number of aliphatic carboxylic acids is 1. The summed E-state index contributed by atoms with van der Waals surface area (Å²) < 4.78 is 5.64. The Hall–Kier alpha value is -2.30. The molecule has 2 N–H and O–H groups in total. The second kappa shape index (κ2) is 5.24. The van der Waals surface area contributed by atoms with Crippen LogP contribution in [0.3, 0.4) is 0 Å². The summed E-state index contributed by atoms with van der Waals surface area (Å²) in [6, 6.07) is 9.63. The topological polar surface area (TPSA) is 79.5 Å². The van der Waals surface area contributed by atoms with Gasteiger partial charge in [0.15, 0.2) is 0 Å². The first-order valence-electron chi connectivity index (χ1n) is 7.07. The van der Waals surface area contributed by atoms with E-state index in [1.165, 1.54) is 0 Å². The number of hydrogen-bond donors (Lipinski definition) is 2. The van der Waals surface area contributed by atoms with Gasteiger partial charge in [-0.15, -0.1) is 0 Å². The molecule has 0 atom stereocenters. The maximum atomic E-state index is 11.8. The van der Waals surface area contributed by atoms with E-state index in [0.29, 0.717) is 25.7 Å². The molecule has 1 aliphatic carbocycles. The van der Waals surface area contributed by atoms with E-state index in [1.807, 2.05) is 30.3 Å². The zero-order chi connectivity index (χ0) is 14.9. The van der Waals surface area contributed by atoms with Crippen molar-refractivity contribution in [2.75, 3.05) is 6.54 Å². The van der Waals surface area contributed by atoms with Gasteiger partial charge in [-0.25, -0.2) is 0 Å². The summed E-state index contributed by atoms with van der Waals surface area (Å²) in [7, 11) is 0. The van der Waals surface area contributed by atoms with Crippen molar-refractivity contribution in [1.82, 2.24) is 5.32 Å². The minimum absolute atomic E-state index is 0.136. The lowest BCUT2D eigenvalue weighted by atomic mass is 10.1. The zero-order valence-electron chi connectivity index (χ0n) is 11.6. The molecule has 5 nitrogen and oxygen atoms in total. The van der Waals surface area contributed by atoms with Gasteiger partial charge in [-0.05, 0) is 25.0 Å². The van der Waals surface area contributed by atoms with Crippen LogP contribution in [0, 0.1) is 5.41 Å². The Morgan fingerprint density at radius 2 is 2.05 bits per heavy atom. The largest absolute Gasteiger partial charge is 0.481 e. The van der Waals surface area contributed by atoms with Gasteiger partial charge in [-0.1, -0.05) is 18.2 Å². The fourth-order valence-corrected chi connectivity index (χ4v) is 2.37. The van der Waals surface area contributed by atoms with Crippen molar-refractivity contribution < 1.29 is 19.1 Å². The SMILES string of the molecule is O=C(CCc1cc2ccccc2o1)NCC1(C(=O)O)CC1. The van der Waals surface area contributed by atoms with Crippen LogP contribution >= 0.6 is 0 Å². The minimum atomic E-state index is -0.819. The highest BCUT2D eigenvalue weighted by Gasteiger charge is 2.50. The number of aryl methyl sites for hydroxylation is 1. The van der Waals surface area contributed by atoms with Crippen molar-refractivity contribution in [3.05, 3.63) is 36.1 Å². The van der Waals surface area contributed by atoms with Crippen LogP contribution in [0.5, 0.6) is 0 Å². The average Bonchev–Trinajstić information content (AvgIpc) is 3.15. The quantitative estimate of drug-likeness (QED) is 0.854. The normalized spacial score (nSPS) is 15.8. The lowest BCUT2D eigenvalue weighted by Gasteiger charge is -2.10. The van der Waals surface area contributed by atoms with Crippen molar-refractivity contribution >= 4 is 22.8 Å². The Bertz CT molecular complexity index is 651. The molecule has 0 aliphatic heterocycles. The van der Waals surface area contributed by atoms with Gasteiger partial charge >= 0.3 is 5.97 Å². The third-order valence-electron chi connectivity index (χ3n) is 4.01. The van der Waals surface area contributed by atoms with Crippen molar-refractivity contribution in [1.29, 1.82) is 0 Å². The maximum absolute atomic E-state index is 11.8. The lowest BCUT2D eigenvalue weighted by molar-refractivity contribution is -0.143. The number of carbonyl (C=O) groups excluding carboxylic acids is 1. The van der Waals surface area contributed by atoms with Gasteiger partial charge in [-0.3, -0.25) is 9.59 Å². The van der Waals surface area contributed by atoms with E-state index in [-0.39, 0.29) is 12.5 Å². The Morgan fingerprint density at radius 1 is 1.29 bits per heavy atom. The fourth-order valence-electron chi connectivity index (χ4n) is 2.37. The van der Waals surface area contributed by atoms with Crippen molar-refractivity contribution in [2.45, 2.75) is 25.7 Å². The van der Waals surface area contributed by atoms with Crippen LogP contribution in [0.15, 0.2) is 34.7 Å². The summed E-state index contributed by atoms with van der Waals surface area (Å²) in [5, 5.41) is 12.8. The number of nitrogens with one attached hydrogen (secondary N) is 1. The number of fused-ring (bicyclic) bond motifs is 1. The van der Waals surface area contributed by atoms with Crippen LogP contribution in [-0.2, 0) is 16.0 Å². The average molecular weight is 287 g/mol. The van der Waals surface area contributed by atoms with E-state index in [9.17, 15) is 9.59 Å². The molecular weight excluding hydrogens is 270 g/mol. The summed E-state index contributed by atoms with van der Waals surface area (Å²) in [4.78, 5) is 22.8. The van der Waals surface area contributed by atoms with Gasteiger partial charge in [0.1, 0.15) is 11.3 Å². The second-order valence-electron chi connectivity index (χ2n) is 5.61. The molecule has 1 heterocycles. The summed E-state index contributed by atoms with van der Waals surface area (Å²) in [5.74, 6) is -0.186. The number of amides is 1. The summed E-state index contributed by atoms with van der Waals surface area (Å²) in [6.45, 7) is 0.224. The zero-order valence-corrected chi connectivity index (χ0v) is 11.6. The smallest absolute Gasteiger partial charge is 0.311 e. The third-order valence-corrected chi connectivity index (χ3v) is 4.01.